The van der Waals surface area contributed by atoms with Crippen LogP contribution < -0.4 is 5.73 Å². The summed E-state index contributed by atoms with van der Waals surface area (Å²) in [4.78, 5) is 16.0. The molecule has 1 saturated heterocycles. The van der Waals surface area contributed by atoms with Crippen LogP contribution in [0.3, 0.4) is 0 Å². The highest BCUT2D eigenvalue weighted by molar-refractivity contribution is 5.87. The monoisotopic (exact) mass is 337 g/mol. The Labute approximate surface area is 146 Å². The average molecular weight is 337 g/mol. The second-order valence-corrected chi connectivity index (χ2v) is 6.70. The molecular formula is C18H23N7. The Morgan fingerprint density at radius 1 is 1.16 bits per heavy atom. The van der Waals surface area contributed by atoms with Crippen molar-refractivity contribution in [3.63, 3.8) is 0 Å². The maximum atomic E-state index is 6.12. The van der Waals surface area contributed by atoms with E-state index in [1.54, 1.807) is 0 Å². The van der Waals surface area contributed by atoms with Gasteiger partial charge in [0.25, 0.3) is 0 Å². The maximum Gasteiger partial charge on any atom is 0.147 e. The highest BCUT2D eigenvalue weighted by Crippen LogP contribution is 2.23. The highest BCUT2D eigenvalue weighted by atomic mass is 15.4. The molecule has 0 bridgehead atoms. The third-order valence-electron chi connectivity index (χ3n) is 4.87. The lowest BCUT2D eigenvalue weighted by Gasteiger charge is -2.24. The number of para-hydroxylation sites is 1. The molecule has 3 heterocycles. The van der Waals surface area contributed by atoms with Gasteiger partial charge in [0.2, 0.25) is 0 Å². The van der Waals surface area contributed by atoms with Crippen molar-refractivity contribution in [2.75, 3.05) is 12.3 Å². The second-order valence-electron chi connectivity index (χ2n) is 6.70. The molecule has 0 saturated carbocycles. The number of hydrogen-bond acceptors (Lipinski definition) is 6. The fourth-order valence-electron chi connectivity index (χ4n) is 3.65. The van der Waals surface area contributed by atoms with Crippen LogP contribution in [0.25, 0.3) is 10.9 Å². The van der Waals surface area contributed by atoms with Gasteiger partial charge in [-0.3, -0.25) is 4.90 Å². The van der Waals surface area contributed by atoms with Gasteiger partial charge in [0, 0.05) is 11.4 Å². The van der Waals surface area contributed by atoms with E-state index in [1.807, 2.05) is 42.8 Å². The van der Waals surface area contributed by atoms with E-state index in [0.717, 1.165) is 47.9 Å². The molecule has 0 unspecified atom stereocenters. The van der Waals surface area contributed by atoms with Gasteiger partial charge in [0.1, 0.15) is 23.3 Å². The van der Waals surface area contributed by atoms with Gasteiger partial charge >= 0.3 is 0 Å². The number of fused-ring (bicyclic) bond motifs is 1. The first-order valence-electron chi connectivity index (χ1n) is 8.73. The first-order chi connectivity index (χ1) is 12.1. The van der Waals surface area contributed by atoms with Gasteiger partial charge in [0.15, 0.2) is 0 Å². The molecule has 0 spiro atoms. The van der Waals surface area contributed by atoms with Crippen LogP contribution >= 0.6 is 0 Å². The zero-order valence-electron chi connectivity index (χ0n) is 14.7. The molecule has 4 rings (SSSR count). The highest BCUT2D eigenvalue weighted by Gasteiger charge is 2.26. The van der Waals surface area contributed by atoms with Crippen LogP contribution in [-0.2, 0) is 13.1 Å². The largest absolute Gasteiger partial charge is 0.383 e. The summed E-state index contributed by atoms with van der Waals surface area (Å²) >= 11 is 0. The summed E-state index contributed by atoms with van der Waals surface area (Å²) in [5, 5.41) is 5.41. The number of aromatic nitrogens is 5. The first kappa shape index (κ1) is 16.0. The normalized spacial score (nSPS) is 18.2. The summed E-state index contributed by atoms with van der Waals surface area (Å²) in [6.07, 6.45) is 2.34. The van der Waals surface area contributed by atoms with Crippen molar-refractivity contribution in [2.24, 2.45) is 0 Å². The Morgan fingerprint density at radius 2 is 2.00 bits per heavy atom. The van der Waals surface area contributed by atoms with Gasteiger partial charge in [-0.15, -0.1) is 0 Å². The van der Waals surface area contributed by atoms with E-state index in [4.69, 9.17) is 10.7 Å². The molecule has 1 aliphatic heterocycles. The lowest BCUT2D eigenvalue weighted by Crippen LogP contribution is -2.33. The minimum absolute atomic E-state index is 0.427. The smallest absolute Gasteiger partial charge is 0.147 e. The number of aryl methyl sites for hydroxylation is 2. The predicted molar refractivity (Wildman–Crippen MR) is 96.9 cm³/mol. The molecule has 2 aromatic heterocycles. The molecule has 0 aliphatic carbocycles. The van der Waals surface area contributed by atoms with Gasteiger partial charge < -0.3 is 5.73 Å². The van der Waals surface area contributed by atoms with Crippen LogP contribution in [0.5, 0.6) is 0 Å². The number of nitrogen functional groups attached to an aromatic ring is 1. The van der Waals surface area contributed by atoms with Crippen molar-refractivity contribution in [3.05, 3.63) is 41.7 Å². The van der Waals surface area contributed by atoms with E-state index in [0.29, 0.717) is 18.4 Å². The molecule has 1 fully saturated rings. The summed E-state index contributed by atoms with van der Waals surface area (Å²) in [5.41, 5.74) is 7.03. The number of nitrogens with two attached hydrogens (primary N) is 1. The van der Waals surface area contributed by atoms with Gasteiger partial charge in [-0.25, -0.2) is 19.6 Å². The molecule has 1 aliphatic rings. The molecule has 7 nitrogen and oxygen atoms in total. The molecule has 0 amide bonds. The number of anilines is 1. The van der Waals surface area contributed by atoms with E-state index < -0.39 is 0 Å². The lowest BCUT2D eigenvalue weighted by atomic mass is 10.2. The average Bonchev–Trinajstić information content (AvgIpc) is 3.14. The Balaban J connectivity index is 1.54. The number of likely N-dealkylation sites (tertiary alicyclic amines) is 1. The van der Waals surface area contributed by atoms with Crippen LogP contribution in [-0.4, -0.2) is 42.2 Å². The minimum atomic E-state index is 0.427. The third kappa shape index (κ3) is 3.19. The summed E-state index contributed by atoms with van der Waals surface area (Å²) in [7, 11) is 0. The van der Waals surface area contributed by atoms with E-state index in [1.165, 1.54) is 6.42 Å². The molecule has 25 heavy (non-hydrogen) atoms. The Hall–Kier alpha value is -2.54. The number of nitrogens with zero attached hydrogens (tertiary/aromatic N) is 6. The number of rotatable bonds is 4. The molecule has 3 aromatic rings. The molecule has 1 atom stereocenters. The van der Waals surface area contributed by atoms with Crippen molar-refractivity contribution in [1.82, 2.24) is 29.6 Å². The molecule has 130 valence electrons. The summed E-state index contributed by atoms with van der Waals surface area (Å²) in [5.74, 6) is 3.14. The van der Waals surface area contributed by atoms with Crippen molar-refractivity contribution >= 4 is 16.7 Å². The minimum Gasteiger partial charge on any atom is -0.383 e. The van der Waals surface area contributed by atoms with Gasteiger partial charge in [0.05, 0.1) is 18.6 Å². The van der Waals surface area contributed by atoms with Gasteiger partial charge in [-0.05, 0) is 45.4 Å². The fraction of sp³-hybridized carbons (Fsp3) is 0.444. The Morgan fingerprint density at radius 3 is 2.80 bits per heavy atom. The Bertz CT molecular complexity index is 902. The maximum absolute atomic E-state index is 6.12. The van der Waals surface area contributed by atoms with E-state index in [9.17, 15) is 0 Å². The van der Waals surface area contributed by atoms with Crippen molar-refractivity contribution < 1.29 is 0 Å². The second kappa shape index (κ2) is 6.40. The standard InChI is InChI=1S/C18H23N7/c1-12-20-13(2)25(23-12)10-14-6-5-9-24(14)11-17-21-16-8-4-3-7-15(16)18(19)22-17/h3-4,7-8,14H,5-6,9-11H2,1-2H3,(H2,19,21,22)/t14-/m0/s1. The van der Waals surface area contributed by atoms with E-state index in [-0.39, 0.29) is 0 Å². The van der Waals surface area contributed by atoms with Gasteiger partial charge in [-0.1, -0.05) is 12.1 Å². The zero-order valence-corrected chi connectivity index (χ0v) is 14.7. The van der Waals surface area contributed by atoms with E-state index >= 15 is 0 Å². The Kier molecular flexibility index (Phi) is 4.09. The van der Waals surface area contributed by atoms with E-state index in [2.05, 4.69) is 20.0 Å². The molecule has 2 N–H and O–H groups in total. The summed E-state index contributed by atoms with van der Waals surface area (Å²) in [6.45, 7) is 6.56. The molecule has 1 aromatic carbocycles. The van der Waals surface area contributed by atoms with Crippen molar-refractivity contribution in [2.45, 2.75) is 45.8 Å². The van der Waals surface area contributed by atoms with Crippen molar-refractivity contribution in [1.29, 1.82) is 0 Å². The molecule has 7 heteroatoms. The summed E-state index contributed by atoms with van der Waals surface area (Å²) in [6, 6.07) is 8.31. The zero-order chi connectivity index (χ0) is 17.4. The number of hydrogen-bond donors (Lipinski definition) is 1. The SMILES string of the molecule is Cc1nc(C)n(C[C@@H]2CCCN2Cc2nc(N)c3ccccc3n2)n1. The third-order valence-corrected chi connectivity index (χ3v) is 4.87. The quantitative estimate of drug-likeness (QED) is 0.784. The van der Waals surface area contributed by atoms with Crippen LogP contribution in [0.15, 0.2) is 24.3 Å². The predicted octanol–water partition coefficient (Wildman–Crippen LogP) is 2.08. The first-order valence-corrected chi connectivity index (χ1v) is 8.73. The van der Waals surface area contributed by atoms with Gasteiger partial charge in [-0.2, -0.15) is 5.10 Å². The van der Waals surface area contributed by atoms with Crippen LogP contribution in [0.4, 0.5) is 5.82 Å². The van der Waals surface area contributed by atoms with Crippen molar-refractivity contribution in [3.8, 4) is 0 Å². The van der Waals surface area contributed by atoms with Crippen LogP contribution in [0.1, 0.15) is 30.3 Å². The lowest BCUT2D eigenvalue weighted by molar-refractivity contribution is 0.213. The number of benzene rings is 1. The topological polar surface area (TPSA) is 85.8 Å². The fourth-order valence-corrected chi connectivity index (χ4v) is 3.65. The summed E-state index contributed by atoms with van der Waals surface area (Å²) < 4.78 is 2.01. The van der Waals surface area contributed by atoms with Crippen LogP contribution in [0, 0.1) is 13.8 Å². The van der Waals surface area contributed by atoms with Crippen LogP contribution in [0.2, 0.25) is 0 Å². The molecular weight excluding hydrogens is 314 g/mol. The molecule has 0 radical (unpaired) electrons.